The van der Waals surface area contributed by atoms with Gasteiger partial charge in [0.1, 0.15) is 0 Å². The van der Waals surface area contributed by atoms with E-state index in [0.29, 0.717) is 6.04 Å². The van der Waals surface area contributed by atoms with Crippen LogP contribution in [-0.2, 0) is 6.54 Å². The van der Waals surface area contributed by atoms with Gasteiger partial charge in [0.15, 0.2) is 0 Å². The molecule has 106 valence electrons. The van der Waals surface area contributed by atoms with E-state index in [1.165, 1.54) is 37.9 Å². The van der Waals surface area contributed by atoms with Crippen LogP contribution in [0, 0.1) is 5.92 Å². The highest BCUT2D eigenvalue weighted by molar-refractivity contribution is 5.10. The van der Waals surface area contributed by atoms with E-state index in [1.54, 1.807) is 0 Å². The van der Waals surface area contributed by atoms with Gasteiger partial charge in [0.05, 0.1) is 11.7 Å². The highest BCUT2D eigenvalue weighted by Crippen LogP contribution is 2.35. The Kier molecular flexibility index (Phi) is 3.89. The van der Waals surface area contributed by atoms with Gasteiger partial charge in [0.25, 0.3) is 0 Å². The van der Waals surface area contributed by atoms with Crippen molar-refractivity contribution in [3.63, 3.8) is 0 Å². The van der Waals surface area contributed by atoms with Gasteiger partial charge >= 0.3 is 0 Å². The summed E-state index contributed by atoms with van der Waals surface area (Å²) in [6, 6.07) is 3.55. The molecule has 4 heteroatoms. The first-order valence-corrected chi connectivity index (χ1v) is 7.75. The van der Waals surface area contributed by atoms with Crippen LogP contribution >= 0.6 is 0 Å². The molecule has 1 aliphatic carbocycles. The molecule has 2 fully saturated rings. The minimum absolute atomic E-state index is 0.530. The lowest BCUT2D eigenvalue weighted by atomic mass is 9.87. The summed E-state index contributed by atoms with van der Waals surface area (Å²) in [5, 5.41) is 8.18. The number of piperidine rings is 1. The second-order valence-corrected chi connectivity index (χ2v) is 6.08. The van der Waals surface area contributed by atoms with Crippen LogP contribution in [0.3, 0.4) is 0 Å². The molecule has 1 aromatic rings. The number of hydrogen-bond acceptors (Lipinski definition) is 3. The van der Waals surface area contributed by atoms with E-state index in [0.717, 1.165) is 25.0 Å². The SMILES string of the molecule is CCn1nccc1C1C(CNC2CC2)CCCN1C. The second-order valence-electron chi connectivity index (χ2n) is 6.08. The van der Waals surface area contributed by atoms with Crippen LogP contribution in [0.1, 0.15) is 44.3 Å². The lowest BCUT2D eigenvalue weighted by Gasteiger charge is -2.39. The summed E-state index contributed by atoms with van der Waals surface area (Å²) in [6.45, 7) is 5.51. The summed E-state index contributed by atoms with van der Waals surface area (Å²) in [4.78, 5) is 2.52. The highest BCUT2D eigenvalue weighted by Gasteiger charge is 2.33. The maximum absolute atomic E-state index is 4.46. The molecule has 4 nitrogen and oxygen atoms in total. The quantitative estimate of drug-likeness (QED) is 0.881. The number of nitrogens with zero attached hydrogens (tertiary/aromatic N) is 3. The molecule has 2 unspecified atom stereocenters. The Morgan fingerprint density at radius 3 is 2.95 bits per heavy atom. The molecule has 0 radical (unpaired) electrons. The maximum atomic E-state index is 4.46. The maximum Gasteiger partial charge on any atom is 0.0558 e. The predicted octanol–water partition coefficient (Wildman–Crippen LogP) is 2.04. The normalized spacial score (nSPS) is 28.7. The van der Waals surface area contributed by atoms with Gasteiger partial charge in [-0.1, -0.05) is 0 Å². The fraction of sp³-hybridized carbons (Fsp3) is 0.800. The van der Waals surface area contributed by atoms with Gasteiger partial charge in [-0.3, -0.25) is 9.58 Å². The molecular weight excluding hydrogens is 236 g/mol. The molecule has 1 aromatic heterocycles. The van der Waals surface area contributed by atoms with Crippen LogP contribution in [0.25, 0.3) is 0 Å². The third-order valence-electron chi connectivity index (χ3n) is 4.61. The average Bonchev–Trinajstić information content (AvgIpc) is 3.13. The number of rotatable bonds is 5. The monoisotopic (exact) mass is 262 g/mol. The Morgan fingerprint density at radius 2 is 2.21 bits per heavy atom. The summed E-state index contributed by atoms with van der Waals surface area (Å²) in [5.74, 6) is 0.723. The molecule has 3 rings (SSSR count). The van der Waals surface area contributed by atoms with Gasteiger partial charge in [-0.05, 0) is 58.2 Å². The van der Waals surface area contributed by atoms with E-state index >= 15 is 0 Å². The standard InChI is InChI=1S/C15H26N4/c1-3-19-14(8-9-17-19)15-12(5-4-10-18(15)2)11-16-13-6-7-13/h8-9,12-13,15-16H,3-7,10-11H2,1-2H3. The van der Waals surface area contributed by atoms with Crippen molar-refractivity contribution in [1.29, 1.82) is 0 Å². The Labute approximate surface area is 116 Å². The Morgan fingerprint density at radius 1 is 1.37 bits per heavy atom. The Balaban J connectivity index is 1.75. The molecule has 19 heavy (non-hydrogen) atoms. The summed E-state index contributed by atoms with van der Waals surface area (Å²) in [5.41, 5.74) is 1.40. The molecule has 2 atom stereocenters. The lowest BCUT2D eigenvalue weighted by Crippen LogP contribution is -2.41. The summed E-state index contributed by atoms with van der Waals surface area (Å²) in [6.07, 6.45) is 7.36. The molecule has 0 amide bonds. The van der Waals surface area contributed by atoms with Crippen LogP contribution in [0.2, 0.25) is 0 Å². The molecule has 2 aliphatic rings. The van der Waals surface area contributed by atoms with Gasteiger partial charge in [-0.25, -0.2) is 0 Å². The second kappa shape index (κ2) is 5.63. The van der Waals surface area contributed by atoms with Crippen LogP contribution in [0.15, 0.2) is 12.3 Å². The van der Waals surface area contributed by atoms with Crippen LogP contribution in [0.5, 0.6) is 0 Å². The molecule has 1 N–H and O–H groups in total. The van der Waals surface area contributed by atoms with Gasteiger partial charge in [-0.15, -0.1) is 0 Å². The van der Waals surface area contributed by atoms with Crippen molar-refractivity contribution >= 4 is 0 Å². The van der Waals surface area contributed by atoms with E-state index in [1.807, 2.05) is 6.20 Å². The molecular formula is C15H26N4. The Hall–Kier alpha value is -0.870. The van der Waals surface area contributed by atoms with Gasteiger partial charge in [-0.2, -0.15) is 5.10 Å². The van der Waals surface area contributed by atoms with E-state index in [2.05, 4.69) is 40.0 Å². The molecule has 0 aromatic carbocycles. The number of likely N-dealkylation sites (tertiary alicyclic amines) is 1. The zero-order valence-electron chi connectivity index (χ0n) is 12.2. The van der Waals surface area contributed by atoms with Crippen LogP contribution in [-0.4, -0.2) is 40.9 Å². The van der Waals surface area contributed by atoms with Crippen molar-refractivity contribution in [2.75, 3.05) is 20.1 Å². The van der Waals surface area contributed by atoms with Gasteiger partial charge in [0, 0.05) is 25.3 Å². The zero-order valence-corrected chi connectivity index (χ0v) is 12.2. The predicted molar refractivity (Wildman–Crippen MR) is 77.0 cm³/mol. The first kappa shape index (κ1) is 13.1. The van der Waals surface area contributed by atoms with E-state index in [-0.39, 0.29) is 0 Å². The fourth-order valence-electron chi connectivity index (χ4n) is 3.40. The number of aromatic nitrogens is 2. The third-order valence-corrected chi connectivity index (χ3v) is 4.61. The molecule has 1 aliphatic heterocycles. The lowest BCUT2D eigenvalue weighted by molar-refractivity contribution is 0.112. The van der Waals surface area contributed by atoms with Gasteiger partial charge in [0.2, 0.25) is 0 Å². The van der Waals surface area contributed by atoms with E-state index in [4.69, 9.17) is 0 Å². The van der Waals surface area contributed by atoms with Crippen LogP contribution in [0.4, 0.5) is 0 Å². The first-order chi connectivity index (χ1) is 9.29. The number of hydrogen-bond donors (Lipinski definition) is 1. The minimum atomic E-state index is 0.530. The highest BCUT2D eigenvalue weighted by atomic mass is 15.3. The molecule has 0 bridgehead atoms. The van der Waals surface area contributed by atoms with Crippen molar-refractivity contribution in [2.24, 2.45) is 5.92 Å². The fourth-order valence-corrected chi connectivity index (χ4v) is 3.40. The molecule has 1 saturated carbocycles. The summed E-state index contributed by atoms with van der Waals surface area (Å²) < 4.78 is 2.16. The topological polar surface area (TPSA) is 33.1 Å². The van der Waals surface area contributed by atoms with Crippen molar-refractivity contribution in [2.45, 2.75) is 51.2 Å². The first-order valence-electron chi connectivity index (χ1n) is 7.75. The van der Waals surface area contributed by atoms with Crippen LogP contribution < -0.4 is 5.32 Å². The van der Waals surface area contributed by atoms with Crippen molar-refractivity contribution in [3.05, 3.63) is 18.0 Å². The molecule has 0 spiro atoms. The average molecular weight is 262 g/mol. The molecule has 2 heterocycles. The number of aryl methyl sites for hydroxylation is 1. The zero-order chi connectivity index (χ0) is 13.2. The number of nitrogens with one attached hydrogen (secondary N) is 1. The largest absolute Gasteiger partial charge is 0.314 e. The van der Waals surface area contributed by atoms with E-state index < -0.39 is 0 Å². The third kappa shape index (κ3) is 2.84. The van der Waals surface area contributed by atoms with Crippen molar-refractivity contribution in [1.82, 2.24) is 20.0 Å². The summed E-state index contributed by atoms with van der Waals surface area (Å²) >= 11 is 0. The minimum Gasteiger partial charge on any atom is -0.314 e. The van der Waals surface area contributed by atoms with E-state index in [9.17, 15) is 0 Å². The van der Waals surface area contributed by atoms with Crippen molar-refractivity contribution < 1.29 is 0 Å². The van der Waals surface area contributed by atoms with Crippen molar-refractivity contribution in [3.8, 4) is 0 Å². The van der Waals surface area contributed by atoms with Gasteiger partial charge < -0.3 is 5.32 Å². The Bertz CT molecular complexity index is 410. The molecule has 1 saturated heterocycles. The smallest absolute Gasteiger partial charge is 0.0558 e. The summed E-state index contributed by atoms with van der Waals surface area (Å²) in [7, 11) is 2.26.